The van der Waals surface area contributed by atoms with Crippen LogP contribution in [0.15, 0.2) is 30.3 Å². The Morgan fingerprint density at radius 2 is 1.85 bits per heavy atom. The van der Waals surface area contributed by atoms with E-state index in [1.807, 2.05) is 37.8 Å². The SMILES string of the molecule is CC(C)(C)OC(O)N1CC=C(c2ccc(O)cc2)CC1. The largest absolute Gasteiger partial charge is 0.508 e. The highest BCUT2D eigenvalue weighted by molar-refractivity contribution is 5.67. The summed E-state index contributed by atoms with van der Waals surface area (Å²) >= 11 is 0. The van der Waals surface area contributed by atoms with Gasteiger partial charge in [0.15, 0.2) is 0 Å². The molecule has 20 heavy (non-hydrogen) atoms. The van der Waals surface area contributed by atoms with Crippen LogP contribution < -0.4 is 0 Å². The van der Waals surface area contributed by atoms with Gasteiger partial charge in [0.05, 0.1) is 5.60 Å². The van der Waals surface area contributed by atoms with Gasteiger partial charge in [-0.2, -0.15) is 0 Å². The standard InChI is InChI=1S/C16H23NO3/c1-16(2,3)20-15(19)17-10-8-13(9-11-17)12-4-6-14(18)7-5-12/h4-8,15,18-19H,9-11H2,1-3H3. The summed E-state index contributed by atoms with van der Waals surface area (Å²) in [6.45, 7) is 7.20. The third-order valence-electron chi connectivity index (χ3n) is 3.25. The van der Waals surface area contributed by atoms with Gasteiger partial charge in [-0.15, -0.1) is 0 Å². The fourth-order valence-electron chi connectivity index (χ4n) is 2.21. The van der Waals surface area contributed by atoms with Gasteiger partial charge in [0.25, 0.3) is 0 Å². The summed E-state index contributed by atoms with van der Waals surface area (Å²) < 4.78 is 5.55. The maximum absolute atomic E-state index is 10.0. The third kappa shape index (κ3) is 4.07. The summed E-state index contributed by atoms with van der Waals surface area (Å²) in [6, 6.07) is 7.22. The Hall–Kier alpha value is -1.36. The molecule has 1 aliphatic rings. The highest BCUT2D eigenvalue weighted by Crippen LogP contribution is 2.25. The number of hydrogen-bond acceptors (Lipinski definition) is 4. The monoisotopic (exact) mass is 277 g/mol. The number of hydrogen-bond donors (Lipinski definition) is 2. The zero-order valence-electron chi connectivity index (χ0n) is 12.3. The number of phenolic OH excluding ortho intramolecular Hbond substituents is 1. The molecule has 1 atom stereocenters. The summed E-state index contributed by atoms with van der Waals surface area (Å²) in [6.07, 6.45) is 2.09. The molecule has 1 aromatic carbocycles. The zero-order valence-corrected chi connectivity index (χ0v) is 12.3. The van der Waals surface area contributed by atoms with Crippen LogP contribution in [-0.2, 0) is 4.74 Å². The summed E-state index contributed by atoms with van der Waals surface area (Å²) in [5.41, 5.74) is 2.00. The van der Waals surface area contributed by atoms with Crippen LogP contribution in [0, 0.1) is 0 Å². The summed E-state index contributed by atoms with van der Waals surface area (Å²) in [5, 5.41) is 19.3. The van der Waals surface area contributed by atoms with E-state index in [9.17, 15) is 10.2 Å². The van der Waals surface area contributed by atoms with Gasteiger partial charge in [-0.1, -0.05) is 18.2 Å². The average Bonchev–Trinajstić information content (AvgIpc) is 2.38. The van der Waals surface area contributed by atoms with Crippen LogP contribution >= 0.6 is 0 Å². The van der Waals surface area contributed by atoms with Gasteiger partial charge in [0, 0.05) is 13.1 Å². The predicted molar refractivity (Wildman–Crippen MR) is 79.1 cm³/mol. The summed E-state index contributed by atoms with van der Waals surface area (Å²) in [4.78, 5) is 1.90. The summed E-state index contributed by atoms with van der Waals surface area (Å²) in [7, 11) is 0. The number of aromatic hydroxyl groups is 1. The van der Waals surface area contributed by atoms with Crippen LogP contribution in [0.2, 0.25) is 0 Å². The predicted octanol–water partition coefficient (Wildman–Crippen LogP) is 2.57. The van der Waals surface area contributed by atoms with E-state index >= 15 is 0 Å². The normalized spacial score (nSPS) is 18.7. The Morgan fingerprint density at radius 3 is 2.35 bits per heavy atom. The van der Waals surface area contributed by atoms with Crippen molar-refractivity contribution >= 4 is 5.57 Å². The van der Waals surface area contributed by atoms with Crippen molar-refractivity contribution < 1.29 is 14.9 Å². The number of rotatable bonds is 3. The van der Waals surface area contributed by atoms with Gasteiger partial charge in [0.2, 0.25) is 6.41 Å². The second-order valence-electron chi connectivity index (χ2n) is 6.08. The highest BCUT2D eigenvalue weighted by Gasteiger charge is 2.24. The first-order valence-corrected chi connectivity index (χ1v) is 6.93. The Morgan fingerprint density at radius 1 is 1.20 bits per heavy atom. The van der Waals surface area contributed by atoms with Gasteiger partial charge in [-0.3, -0.25) is 4.90 Å². The Labute approximate surface area is 120 Å². The van der Waals surface area contributed by atoms with E-state index in [1.165, 1.54) is 5.57 Å². The van der Waals surface area contributed by atoms with E-state index in [2.05, 4.69) is 6.08 Å². The molecule has 0 saturated heterocycles. The van der Waals surface area contributed by atoms with E-state index in [0.717, 1.165) is 18.5 Å². The molecule has 4 heteroatoms. The lowest BCUT2D eigenvalue weighted by atomic mass is 9.99. The van der Waals surface area contributed by atoms with Crippen molar-refractivity contribution in [2.24, 2.45) is 0 Å². The number of nitrogens with zero attached hydrogens (tertiary/aromatic N) is 1. The number of benzene rings is 1. The molecule has 0 amide bonds. The lowest BCUT2D eigenvalue weighted by molar-refractivity contribution is -0.236. The molecule has 0 bridgehead atoms. The minimum atomic E-state index is -0.868. The molecule has 4 nitrogen and oxygen atoms in total. The van der Waals surface area contributed by atoms with Crippen LogP contribution in [0.4, 0.5) is 0 Å². The number of aliphatic hydroxyl groups excluding tert-OH is 1. The third-order valence-corrected chi connectivity index (χ3v) is 3.25. The second kappa shape index (κ2) is 5.95. The van der Waals surface area contributed by atoms with Crippen LogP contribution in [0.3, 0.4) is 0 Å². The highest BCUT2D eigenvalue weighted by atomic mass is 16.6. The fraction of sp³-hybridized carbons (Fsp3) is 0.500. The Bertz CT molecular complexity index is 473. The quantitative estimate of drug-likeness (QED) is 0.834. The molecule has 2 rings (SSSR count). The lowest BCUT2D eigenvalue weighted by Crippen LogP contribution is -2.43. The molecule has 1 aromatic rings. The Kier molecular flexibility index (Phi) is 4.48. The minimum Gasteiger partial charge on any atom is -0.508 e. The van der Waals surface area contributed by atoms with Crippen LogP contribution in [0.5, 0.6) is 5.75 Å². The molecular formula is C16H23NO3. The molecule has 0 fully saturated rings. The number of ether oxygens (including phenoxy) is 1. The molecule has 110 valence electrons. The van der Waals surface area contributed by atoms with Crippen LogP contribution in [0.1, 0.15) is 32.8 Å². The maximum Gasteiger partial charge on any atom is 0.216 e. The maximum atomic E-state index is 10.0. The smallest absolute Gasteiger partial charge is 0.216 e. The molecule has 1 unspecified atom stereocenters. The zero-order chi connectivity index (χ0) is 14.8. The van der Waals surface area contributed by atoms with Gasteiger partial charge in [0.1, 0.15) is 5.75 Å². The van der Waals surface area contributed by atoms with Gasteiger partial charge in [-0.25, -0.2) is 0 Å². The van der Waals surface area contributed by atoms with E-state index in [-0.39, 0.29) is 11.4 Å². The van der Waals surface area contributed by atoms with Crippen molar-refractivity contribution in [3.8, 4) is 5.75 Å². The van der Waals surface area contributed by atoms with Crippen molar-refractivity contribution in [2.75, 3.05) is 13.1 Å². The molecule has 0 saturated carbocycles. The van der Waals surface area contributed by atoms with E-state index in [1.54, 1.807) is 12.1 Å². The average molecular weight is 277 g/mol. The molecule has 0 spiro atoms. The fourth-order valence-corrected chi connectivity index (χ4v) is 2.21. The van der Waals surface area contributed by atoms with Gasteiger partial charge >= 0.3 is 0 Å². The molecule has 2 N–H and O–H groups in total. The van der Waals surface area contributed by atoms with E-state index in [0.29, 0.717) is 6.54 Å². The van der Waals surface area contributed by atoms with Crippen molar-refractivity contribution in [1.29, 1.82) is 0 Å². The van der Waals surface area contributed by atoms with E-state index in [4.69, 9.17) is 4.74 Å². The Balaban J connectivity index is 1.98. The van der Waals surface area contributed by atoms with Crippen LogP contribution in [0.25, 0.3) is 5.57 Å². The van der Waals surface area contributed by atoms with E-state index < -0.39 is 6.41 Å². The van der Waals surface area contributed by atoms with Gasteiger partial charge in [-0.05, 0) is 50.5 Å². The molecular weight excluding hydrogens is 254 g/mol. The lowest BCUT2D eigenvalue weighted by Gasteiger charge is -2.34. The molecule has 0 radical (unpaired) electrons. The first-order valence-electron chi connectivity index (χ1n) is 6.93. The van der Waals surface area contributed by atoms with Crippen molar-refractivity contribution in [3.05, 3.63) is 35.9 Å². The van der Waals surface area contributed by atoms with Crippen molar-refractivity contribution in [2.45, 2.75) is 39.2 Å². The van der Waals surface area contributed by atoms with Crippen LogP contribution in [-0.4, -0.2) is 40.2 Å². The molecule has 1 aliphatic heterocycles. The first kappa shape index (κ1) is 15.0. The number of aliphatic hydroxyl groups is 1. The molecule has 0 aromatic heterocycles. The summed E-state index contributed by atoms with van der Waals surface area (Å²) in [5.74, 6) is 0.279. The molecule has 0 aliphatic carbocycles. The van der Waals surface area contributed by atoms with Gasteiger partial charge < -0.3 is 14.9 Å². The molecule has 1 heterocycles. The second-order valence-corrected chi connectivity index (χ2v) is 6.08. The number of phenols is 1. The minimum absolute atomic E-state index is 0.279. The van der Waals surface area contributed by atoms with Crippen molar-refractivity contribution in [1.82, 2.24) is 4.90 Å². The van der Waals surface area contributed by atoms with Crippen molar-refractivity contribution in [3.63, 3.8) is 0 Å². The first-order chi connectivity index (χ1) is 9.35. The topological polar surface area (TPSA) is 52.9 Å².